The SMILES string of the molecule is CCOCCC(C)(CC)OCC. The van der Waals surface area contributed by atoms with Crippen LogP contribution in [0.3, 0.4) is 0 Å². The summed E-state index contributed by atoms with van der Waals surface area (Å²) in [7, 11) is 0. The minimum Gasteiger partial charge on any atom is -0.382 e. The summed E-state index contributed by atoms with van der Waals surface area (Å²) in [6.07, 6.45) is 2.04. The molecule has 0 aliphatic rings. The first-order valence-electron chi connectivity index (χ1n) is 4.90. The van der Waals surface area contributed by atoms with Gasteiger partial charge in [0.2, 0.25) is 0 Å². The third-order valence-corrected chi connectivity index (χ3v) is 2.22. The molecule has 0 rings (SSSR count). The molecule has 2 heteroatoms. The van der Waals surface area contributed by atoms with Gasteiger partial charge in [0, 0.05) is 19.8 Å². The van der Waals surface area contributed by atoms with Crippen LogP contribution in [0, 0.1) is 0 Å². The van der Waals surface area contributed by atoms with Gasteiger partial charge < -0.3 is 9.47 Å². The van der Waals surface area contributed by atoms with Gasteiger partial charge in [0.1, 0.15) is 0 Å². The van der Waals surface area contributed by atoms with Crippen LogP contribution < -0.4 is 0 Å². The Balaban J connectivity index is 3.63. The second kappa shape index (κ2) is 6.44. The highest BCUT2D eigenvalue weighted by molar-refractivity contribution is 4.72. The minimum atomic E-state index is 0.0178. The van der Waals surface area contributed by atoms with E-state index in [1.165, 1.54) is 0 Å². The van der Waals surface area contributed by atoms with Gasteiger partial charge in [-0.1, -0.05) is 6.92 Å². The second-order valence-electron chi connectivity index (χ2n) is 3.18. The van der Waals surface area contributed by atoms with E-state index in [4.69, 9.17) is 9.47 Å². The molecule has 2 nitrogen and oxygen atoms in total. The average molecular weight is 174 g/mol. The van der Waals surface area contributed by atoms with Crippen molar-refractivity contribution < 1.29 is 9.47 Å². The fraction of sp³-hybridized carbons (Fsp3) is 1.00. The Morgan fingerprint density at radius 1 is 1.08 bits per heavy atom. The Labute approximate surface area is 76.3 Å². The van der Waals surface area contributed by atoms with Gasteiger partial charge in [-0.3, -0.25) is 0 Å². The van der Waals surface area contributed by atoms with Crippen molar-refractivity contribution in [3.8, 4) is 0 Å². The first kappa shape index (κ1) is 11.9. The van der Waals surface area contributed by atoms with E-state index in [0.29, 0.717) is 0 Å². The molecule has 0 aromatic carbocycles. The predicted molar refractivity (Wildman–Crippen MR) is 51.4 cm³/mol. The molecule has 0 heterocycles. The maximum absolute atomic E-state index is 5.65. The summed E-state index contributed by atoms with van der Waals surface area (Å²) in [5.74, 6) is 0. The van der Waals surface area contributed by atoms with Crippen molar-refractivity contribution in [2.75, 3.05) is 19.8 Å². The molecule has 0 aliphatic heterocycles. The predicted octanol–water partition coefficient (Wildman–Crippen LogP) is 2.62. The quantitative estimate of drug-likeness (QED) is 0.552. The Morgan fingerprint density at radius 3 is 2.17 bits per heavy atom. The Bertz CT molecular complexity index is 104. The average Bonchev–Trinajstić information content (AvgIpc) is 2.06. The van der Waals surface area contributed by atoms with Crippen molar-refractivity contribution in [2.45, 2.75) is 46.1 Å². The van der Waals surface area contributed by atoms with Crippen LogP contribution in [-0.4, -0.2) is 25.4 Å². The number of ether oxygens (including phenoxy) is 2. The van der Waals surface area contributed by atoms with Crippen LogP contribution in [-0.2, 0) is 9.47 Å². The summed E-state index contributed by atoms with van der Waals surface area (Å²) in [6.45, 7) is 10.7. The van der Waals surface area contributed by atoms with Crippen molar-refractivity contribution in [3.63, 3.8) is 0 Å². The van der Waals surface area contributed by atoms with Crippen LogP contribution in [0.2, 0.25) is 0 Å². The zero-order valence-corrected chi connectivity index (χ0v) is 8.85. The summed E-state index contributed by atoms with van der Waals surface area (Å²) in [6, 6.07) is 0. The molecule has 0 aliphatic carbocycles. The van der Waals surface area contributed by atoms with Crippen LogP contribution in [0.15, 0.2) is 0 Å². The minimum absolute atomic E-state index is 0.0178. The first-order chi connectivity index (χ1) is 5.68. The smallest absolute Gasteiger partial charge is 0.0673 e. The lowest BCUT2D eigenvalue weighted by atomic mass is 9.99. The fourth-order valence-corrected chi connectivity index (χ4v) is 1.13. The highest BCUT2D eigenvalue weighted by atomic mass is 16.5. The molecule has 74 valence electrons. The van der Waals surface area contributed by atoms with E-state index in [-0.39, 0.29) is 5.60 Å². The summed E-state index contributed by atoms with van der Waals surface area (Å²) in [5.41, 5.74) is 0.0178. The van der Waals surface area contributed by atoms with Gasteiger partial charge >= 0.3 is 0 Å². The third-order valence-electron chi connectivity index (χ3n) is 2.22. The monoisotopic (exact) mass is 174 g/mol. The lowest BCUT2D eigenvalue weighted by Gasteiger charge is -2.27. The molecule has 0 fully saturated rings. The van der Waals surface area contributed by atoms with Crippen molar-refractivity contribution >= 4 is 0 Å². The Hall–Kier alpha value is -0.0800. The van der Waals surface area contributed by atoms with Gasteiger partial charge in [0.05, 0.1) is 5.60 Å². The van der Waals surface area contributed by atoms with E-state index in [0.717, 1.165) is 32.7 Å². The van der Waals surface area contributed by atoms with E-state index >= 15 is 0 Å². The number of hydrogen-bond acceptors (Lipinski definition) is 2. The highest BCUT2D eigenvalue weighted by Crippen LogP contribution is 2.19. The maximum Gasteiger partial charge on any atom is 0.0673 e. The molecule has 0 aromatic rings. The molecule has 0 N–H and O–H groups in total. The molecule has 0 amide bonds. The molecule has 1 atom stereocenters. The normalized spacial score (nSPS) is 16.0. The van der Waals surface area contributed by atoms with Gasteiger partial charge in [-0.15, -0.1) is 0 Å². The van der Waals surface area contributed by atoms with Crippen molar-refractivity contribution in [2.24, 2.45) is 0 Å². The molecule has 0 saturated carbocycles. The lowest BCUT2D eigenvalue weighted by Crippen LogP contribution is -2.29. The Kier molecular flexibility index (Phi) is 6.39. The van der Waals surface area contributed by atoms with Crippen molar-refractivity contribution in [1.82, 2.24) is 0 Å². The van der Waals surface area contributed by atoms with Gasteiger partial charge in [0.25, 0.3) is 0 Å². The summed E-state index contributed by atoms with van der Waals surface area (Å²) >= 11 is 0. The van der Waals surface area contributed by atoms with Crippen molar-refractivity contribution in [1.29, 1.82) is 0 Å². The molecule has 0 radical (unpaired) electrons. The fourth-order valence-electron chi connectivity index (χ4n) is 1.13. The van der Waals surface area contributed by atoms with Crippen LogP contribution in [0.1, 0.15) is 40.5 Å². The second-order valence-corrected chi connectivity index (χ2v) is 3.18. The van der Waals surface area contributed by atoms with Crippen LogP contribution in [0.5, 0.6) is 0 Å². The summed E-state index contributed by atoms with van der Waals surface area (Å²) in [4.78, 5) is 0. The van der Waals surface area contributed by atoms with Gasteiger partial charge in [-0.25, -0.2) is 0 Å². The largest absolute Gasteiger partial charge is 0.382 e. The molecule has 0 bridgehead atoms. The van der Waals surface area contributed by atoms with E-state index in [1.54, 1.807) is 0 Å². The molecular formula is C10H22O2. The van der Waals surface area contributed by atoms with Gasteiger partial charge in [-0.2, -0.15) is 0 Å². The molecule has 0 saturated heterocycles. The molecule has 0 spiro atoms. The third kappa shape index (κ3) is 4.73. The summed E-state index contributed by atoms with van der Waals surface area (Å²) in [5, 5.41) is 0. The Morgan fingerprint density at radius 2 is 1.75 bits per heavy atom. The first-order valence-corrected chi connectivity index (χ1v) is 4.90. The topological polar surface area (TPSA) is 18.5 Å². The van der Waals surface area contributed by atoms with Gasteiger partial charge in [0.15, 0.2) is 0 Å². The molecular weight excluding hydrogens is 152 g/mol. The zero-order valence-electron chi connectivity index (χ0n) is 8.85. The highest BCUT2D eigenvalue weighted by Gasteiger charge is 2.21. The maximum atomic E-state index is 5.65. The summed E-state index contributed by atoms with van der Waals surface area (Å²) < 4.78 is 10.9. The lowest BCUT2D eigenvalue weighted by molar-refractivity contribution is -0.0495. The number of rotatable bonds is 7. The molecule has 12 heavy (non-hydrogen) atoms. The zero-order chi connectivity index (χ0) is 9.45. The van der Waals surface area contributed by atoms with E-state index in [1.807, 2.05) is 13.8 Å². The standard InChI is InChI=1S/C10H22O2/c1-5-10(4,12-7-3)8-9-11-6-2/h5-9H2,1-4H3. The van der Waals surface area contributed by atoms with Crippen LogP contribution in [0.25, 0.3) is 0 Å². The van der Waals surface area contributed by atoms with Gasteiger partial charge in [-0.05, 0) is 33.6 Å². The van der Waals surface area contributed by atoms with Crippen LogP contribution in [0.4, 0.5) is 0 Å². The van der Waals surface area contributed by atoms with Crippen LogP contribution >= 0.6 is 0 Å². The molecule has 0 aromatic heterocycles. The van der Waals surface area contributed by atoms with Crippen molar-refractivity contribution in [3.05, 3.63) is 0 Å². The molecule has 1 unspecified atom stereocenters. The van der Waals surface area contributed by atoms with E-state index in [9.17, 15) is 0 Å². The van der Waals surface area contributed by atoms with E-state index in [2.05, 4.69) is 13.8 Å². The number of hydrogen-bond donors (Lipinski definition) is 0. The van der Waals surface area contributed by atoms with E-state index < -0.39 is 0 Å².